The largest absolute Gasteiger partial charge is 0.508 e. The van der Waals surface area contributed by atoms with Crippen molar-refractivity contribution >= 4 is 5.91 Å². The van der Waals surface area contributed by atoms with E-state index in [1.165, 1.54) is 0 Å². The maximum Gasteiger partial charge on any atom is 0.238 e. The summed E-state index contributed by atoms with van der Waals surface area (Å²) in [6.45, 7) is 2.99. The Hall–Kier alpha value is -2.42. The molecular formula is C19H24N4O4. The Bertz CT molecular complexity index is 791. The van der Waals surface area contributed by atoms with Gasteiger partial charge in [0.05, 0.1) is 24.9 Å². The zero-order valence-corrected chi connectivity index (χ0v) is 15.1. The monoisotopic (exact) mass is 372 g/mol. The van der Waals surface area contributed by atoms with Gasteiger partial charge in [-0.25, -0.2) is 10.9 Å². The van der Waals surface area contributed by atoms with Crippen molar-refractivity contribution in [3.05, 3.63) is 47.3 Å². The number of aryl methyl sites for hydroxylation is 1. The summed E-state index contributed by atoms with van der Waals surface area (Å²) in [6, 6.07) is 8.59. The van der Waals surface area contributed by atoms with Crippen LogP contribution in [0.15, 0.2) is 34.9 Å². The predicted molar refractivity (Wildman–Crippen MR) is 96.7 cm³/mol. The molecule has 0 bridgehead atoms. The number of aromatic nitrogens is 1. The van der Waals surface area contributed by atoms with Crippen LogP contribution in [0.4, 0.5) is 0 Å². The fraction of sp³-hybridized carbons (Fsp3) is 0.474. The van der Waals surface area contributed by atoms with E-state index in [1.54, 1.807) is 12.1 Å². The Morgan fingerprint density at radius 1 is 1.30 bits per heavy atom. The smallest absolute Gasteiger partial charge is 0.238 e. The SMILES string of the molecule is Cc1cc(C[C@@H]2COC[C@@H]2NC(=O)C2CC(c3ccc(O)cc3)NN2)on1. The lowest BCUT2D eigenvalue weighted by atomic mass is 9.97. The quantitative estimate of drug-likeness (QED) is 0.619. The first-order chi connectivity index (χ1) is 13.1. The van der Waals surface area contributed by atoms with Gasteiger partial charge in [-0.1, -0.05) is 17.3 Å². The Balaban J connectivity index is 1.32. The van der Waals surface area contributed by atoms with Crippen LogP contribution in [0.25, 0.3) is 0 Å². The van der Waals surface area contributed by atoms with Gasteiger partial charge >= 0.3 is 0 Å². The molecule has 2 saturated heterocycles. The molecule has 8 nitrogen and oxygen atoms in total. The summed E-state index contributed by atoms with van der Waals surface area (Å²) in [7, 11) is 0. The summed E-state index contributed by atoms with van der Waals surface area (Å²) in [6.07, 6.45) is 1.33. The van der Waals surface area contributed by atoms with Gasteiger partial charge in [0.2, 0.25) is 5.91 Å². The van der Waals surface area contributed by atoms with E-state index in [9.17, 15) is 9.90 Å². The highest BCUT2D eigenvalue weighted by atomic mass is 16.5. The molecule has 2 aromatic rings. The van der Waals surface area contributed by atoms with Crippen LogP contribution in [0, 0.1) is 12.8 Å². The third kappa shape index (κ3) is 4.13. The average molecular weight is 372 g/mol. The molecule has 0 radical (unpaired) electrons. The number of carbonyl (C=O) groups is 1. The standard InChI is InChI=1S/C19H24N4O4/c1-11-6-15(27-23-11)7-13-9-26-10-18(13)20-19(25)17-8-16(21-22-17)12-2-4-14(24)5-3-12/h2-6,13,16-18,21-22,24H,7-10H2,1H3,(H,20,25)/t13-,16?,17?,18+/m1/s1. The van der Waals surface area contributed by atoms with Crippen LogP contribution < -0.4 is 16.2 Å². The van der Waals surface area contributed by atoms with Crippen LogP contribution in [0.5, 0.6) is 5.75 Å². The number of phenols is 1. The summed E-state index contributed by atoms with van der Waals surface area (Å²) in [5.74, 6) is 1.17. The molecule has 2 aliphatic heterocycles. The molecule has 4 N–H and O–H groups in total. The van der Waals surface area contributed by atoms with E-state index in [4.69, 9.17) is 9.26 Å². The highest BCUT2D eigenvalue weighted by molar-refractivity contribution is 5.82. The highest BCUT2D eigenvalue weighted by Crippen LogP contribution is 2.25. The third-order valence-corrected chi connectivity index (χ3v) is 5.18. The van der Waals surface area contributed by atoms with E-state index in [2.05, 4.69) is 21.3 Å². The van der Waals surface area contributed by atoms with Crippen molar-refractivity contribution in [3.63, 3.8) is 0 Å². The second-order valence-corrected chi connectivity index (χ2v) is 7.27. The normalized spacial score (nSPS) is 27.7. The topological polar surface area (TPSA) is 109 Å². The molecule has 1 amide bonds. The predicted octanol–water partition coefficient (Wildman–Crippen LogP) is 0.970. The molecule has 0 saturated carbocycles. The molecular weight excluding hydrogens is 348 g/mol. The minimum atomic E-state index is -0.322. The van der Waals surface area contributed by atoms with Crippen molar-refractivity contribution in [2.45, 2.75) is 37.9 Å². The summed E-state index contributed by atoms with van der Waals surface area (Å²) >= 11 is 0. The molecule has 3 heterocycles. The third-order valence-electron chi connectivity index (χ3n) is 5.18. The number of benzene rings is 1. The summed E-state index contributed by atoms with van der Waals surface area (Å²) in [4.78, 5) is 12.7. The van der Waals surface area contributed by atoms with Gasteiger partial charge in [-0.2, -0.15) is 0 Å². The van der Waals surface area contributed by atoms with Gasteiger partial charge in [0, 0.05) is 24.4 Å². The zero-order valence-electron chi connectivity index (χ0n) is 15.1. The van der Waals surface area contributed by atoms with Crippen molar-refractivity contribution in [1.82, 2.24) is 21.3 Å². The molecule has 2 unspecified atom stereocenters. The Kier molecular flexibility index (Phi) is 5.11. The summed E-state index contributed by atoms with van der Waals surface area (Å²) in [5, 5.41) is 16.4. The van der Waals surface area contributed by atoms with Gasteiger partial charge in [-0.05, 0) is 31.0 Å². The van der Waals surface area contributed by atoms with Gasteiger partial charge in [0.1, 0.15) is 17.6 Å². The lowest BCUT2D eigenvalue weighted by molar-refractivity contribution is -0.123. The van der Waals surface area contributed by atoms with E-state index in [1.807, 2.05) is 25.1 Å². The lowest BCUT2D eigenvalue weighted by Crippen LogP contribution is -2.49. The van der Waals surface area contributed by atoms with E-state index in [0.717, 1.165) is 17.0 Å². The second-order valence-electron chi connectivity index (χ2n) is 7.27. The number of hydrogen-bond donors (Lipinski definition) is 4. The molecule has 8 heteroatoms. The number of amides is 1. The number of nitrogens with one attached hydrogen (secondary N) is 3. The number of ether oxygens (including phenoxy) is 1. The minimum absolute atomic E-state index is 0.0224. The number of aromatic hydroxyl groups is 1. The molecule has 1 aromatic carbocycles. The maximum atomic E-state index is 12.7. The molecule has 144 valence electrons. The first-order valence-corrected chi connectivity index (χ1v) is 9.19. The number of phenolic OH excluding ortho intramolecular Hbond substituents is 1. The Morgan fingerprint density at radius 3 is 2.85 bits per heavy atom. The van der Waals surface area contributed by atoms with Gasteiger partial charge in [0.15, 0.2) is 0 Å². The number of hydrazine groups is 1. The van der Waals surface area contributed by atoms with E-state index < -0.39 is 0 Å². The Labute approximate surface area is 157 Å². The van der Waals surface area contributed by atoms with Crippen LogP contribution in [0.2, 0.25) is 0 Å². The minimum Gasteiger partial charge on any atom is -0.508 e. The Morgan fingerprint density at radius 2 is 2.11 bits per heavy atom. The van der Waals surface area contributed by atoms with Crippen molar-refractivity contribution in [2.75, 3.05) is 13.2 Å². The van der Waals surface area contributed by atoms with Gasteiger partial charge in [-0.15, -0.1) is 0 Å². The molecule has 0 spiro atoms. The van der Waals surface area contributed by atoms with Crippen LogP contribution in [0.1, 0.15) is 29.5 Å². The molecule has 4 rings (SSSR count). The molecule has 2 fully saturated rings. The molecule has 4 atom stereocenters. The van der Waals surface area contributed by atoms with Gasteiger partial charge < -0.3 is 19.7 Å². The fourth-order valence-electron chi connectivity index (χ4n) is 3.67. The molecule has 1 aromatic heterocycles. The van der Waals surface area contributed by atoms with Crippen molar-refractivity contribution in [3.8, 4) is 5.75 Å². The molecule has 2 aliphatic rings. The van der Waals surface area contributed by atoms with E-state index in [-0.39, 0.29) is 35.7 Å². The van der Waals surface area contributed by atoms with Gasteiger partial charge in [0.25, 0.3) is 0 Å². The van der Waals surface area contributed by atoms with E-state index in [0.29, 0.717) is 26.1 Å². The molecule has 27 heavy (non-hydrogen) atoms. The summed E-state index contributed by atoms with van der Waals surface area (Å²) in [5.41, 5.74) is 8.10. The maximum absolute atomic E-state index is 12.7. The number of nitrogens with zero attached hydrogens (tertiary/aromatic N) is 1. The first-order valence-electron chi connectivity index (χ1n) is 9.19. The molecule has 0 aliphatic carbocycles. The van der Waals surface area contributed by atoms with Gasteiger partial charge in [-0.3, -0.25) is 4.79 Å². The lowest BCUT2D eigenvalue weighted by Gasteiger charge is -2.20. The number of rotatable bonds is 5. The highest BCUT2D eigenvalue weighted by Gasteiger charge is 2.35. The van der Waals surface area contributed by atoms with Crippen LogP contribution in [-0.4, -0.2) is 41.5 Å². The zero-order chi connectivity index (χ0) is 18.8. The van der Waals surface area contributed by atoms with Crippen LogP contribution >= 0.6 is 0 Å². The second kappa shape index (κ2) is 7.67. The van der Waals surface area contributed by atoms with Crippen molar-refractivity contribution in [2.24, 2.45) is 5.92 Å². The van der Waals surface area contributed by atoms with Crippen LogP contribution in [0.3, 0.4) is 0 Å². The number of hydrogen-bond acceptors (Lipinski definition) is 7. The summed E-state index contributed by atoms with van der Waals surface area (Å²) < 4.78 is 10.9. The average Bonchev–Trinajstić information content (AvgIpc) is 3.38. The van der Waals surface area contributed by atoms with Crippen molar-refractivity contribution < 1.29 is 19.2 Å². The van der Waals surface area contributed by atoms with Crippen molar-refractivity contribution in [1.29, 1.82) is 0 Å². The van der Waals surface area contributed by atoms with E-state index >= 15 is 0 Å². The number of carbonyl (C=O) groups excluding carboxylic acids is 1. The first kappa shape index (κ1) is 18.0. The fourth-order valence-corrected chi connectivity index (χ4v) is 3.67. The van der Waals surface area contributed by atoms with Crippen LogP contribution in [-0.2, 0) is 16.0 Å².